The molecule has 0 radical (unpaired) electrons. The van der Waals surface area contributed by atoms with Gasteiger partial charge in [-0.2, -0.15) is 5.10 Å². The summed E-state index contributed by atoms with van der Waals surface area (Å²) in [6.07, 6.45) is -3.19. The van der Waals surface area contributed by atoms with Crippen molar-refractivity contribution in [2.45, 2.75) is 23.8 Å². The Balaban J connectivity index is 2.26. The van der Waals surface area contributed by atoms with Gasteiger partial charge in [0.05, 0.1) is 5.69 Å². The molecule has 3 rings (SSSR count). The highest BCUT2D eigenvalue weighted by atomic mass is 19.2. The number of rotatable bonds is 4. The third-order valence-corrected chi connectivity index (χ3v) is 3.80. The molecule has 1 aliphatic rings. The van der Waals surface area contributed by atoms with E-state index in [0.29, 0.717) is 0 Å². The zero-order valence-electron chi connectivity index (χ0n) is 11.9. The average molecular weight is 341 g/mol. The van der Waals surface area contributed by atoms with Crippen LogP contribution < -0.4 is 5.48 Å². The van der Waals surface area contributed by atoms with Crippen molar-refractivity contribution in [1.82, 2.24) is 14.6 Å². The maximum Gasteiger partial charge on any atom is 0.262 e. The topological polar surface area (TPSA) is 181 Å². The van der Waals surface area contributed by atoms with Crippen molar-refractivity contribution in [2.24, 2.45) is 5.11 Å². The van der Waals surface area contributed by atoms with Gasteiger partial charge in [-0.15, -0.1) is 0 Å². The first-order valence-electron chi connectivity index (χ1n) is 6.59. The summed E-state index contributed by atoms with van der Waals surface area (Å²) in [6.45, 7) is -1.28. The van der Waals surface area contributed by atoms with E-state index in [1.807, 2.05) is 5.48 Å². The largest absolute Gasteiger partial charge is 0.390 e. The maximum atomic E-state index is 14.5. The van der Waals surface area contributed by atoms with Crippen molar-refractivity contribution < 1.29 is 29.7 Å². The molecule has 1 saturated heterocycles. The first-order valence-corrected chi connectivity index (χ1v) is 6.59. The summed E-state index contributed by atoms with van der Waals surface area (Å²) in [5.41, 5.74) is 8.28. The minimum Gasteiger partial charge on any atom is -0.390 e. The van der Waals surface area contributed by atoms with E-state index in [1.54, 1.807) is 0 Å². The van der Waals surface area contributed by atoms with Crippen molar-refractivity contribution in [3.63, 3.8) is 0 Å². The number of alkyl halides is 1. The first kappa shape index (κ1) is 16.3. The lowest BCUT2D eigenvalue weighted by Crippen LogP contribution is -2.43. The van der Waals surface area contributed by atoms with Crippen molar-refractivity contribution in [2.75, 3.05) is 12.1 Å². The second-order valence-electron chi connectivity index (χ2n) is 5.06. The first-order chi connectivity index (χ1) is 11.4. The number of hydrogen-bond acceptors (Lipinski definition) is 9. The molecule has 2 aromatic rings. The summed E-state index contributed by atoms with van der Waals surface area (Å²) in [6, 6.07) is 2.65. The molecule has 0 saturated carbocycles. The van der Waals surface area contributed by atoms with Crippen LogP contribution in [0.15, 0.2) is 23.6 Å². The van der Waals surface area contributed by atoms with E-state index in [1.165, 1.54) is 12.1 Å². The van der Waals surface area contributed by atoms with E-state index >= 15 is 0 Å². The Kier molecular flexibility index (Phi) is 3.76. The minimum atomic E-state index is -3.05. The highest BCUT2D eigenvalue weighted by Gasteiger charge is 2.64. The molecule has 0 spiro atoms. The molecule has 0 unspecified atom stereocenters. The van der Waals surface area contributed by atoms with Crippen molar-refractivity contribution in [1.29, 1.82) is 0 Å². The van der Waals surface area contributed by atoms with Crippen LogP contribution in [0.25, 0.3) is 16.0 Å². The third-order valence-electron chi connectivity index (χ3n) is 3.80. The second-order valence-corrected chi connectivity index (χ2v) is 5.06. The molecule has 0 aliphatic carbocycles. The van der Waals surface area contributed by atoms with Gasteiger partial charge in [0, 0.05) is 4.91 Å². The van der Waals surface area contributed by atoms with Crippen molar-refractivity contribution >= 4 is 11.3 Å². The van der Waals surface area contributed by atoms with Crippen LogP contribution in [0.3, 0.4) is 0 Å². The van der Waals surface area contributed by atoms with Crippen LogP contribution in [0.5, 0.6) is 0 Å². The number of fused-ring (bicyclic) bond motifs is 1. The van der Waals surface area contributed by atoms with Crippen LogP contribution in [0.1, 0.15) is 5.69 Å². The summed E-state index contributed by atoms with van der Waals surface area (Å²) >= 11 is 0. The maximum absolute atomic E-state index is 14.5. The predicted octanol–water partition coefficient (Wildman–Crippen LogP) is -0.596. The summed E-state index contributed by atoms with van der Waals surface area (Å²) in [4.78, 5) is 6.29. The van der Waals surface area contributed by atoms with Gasteiger partial charge >= 0.3 is 0 Å². The van der Waals surface area contributed by atoms with Crippen LogP contribution in [0.4, 0.5) is 10.2 Å². The lowest BCUT2D eigenvalue weighted by Gasteiger charge is -2.26. The summed E-state index contributed by atoms with van der Waals surface area (Å²) < 4.78 is 20.5. The van der Waals surface area contributed by atoms with Gasteiger partial charge in [-0.25, -0.2) is 13.9 Å². The summed E-state index contributed by atoms with van der Waals surface area (Å²) in [7, 11) is 0. The Morgan fingerprint density at radius 2 is 2.21 bits per heavy atom. The molecular formula is C11H12FN7O5. The molecule has 0 aromatic carbocycles. The monoisotopic (exact) mass is 341 g/mol. The number of aliphatic hydroxyl groups is 3. The van der Waals surface area contributed by atoms with Crippen LogP contribution >= 0.6 is 0 Å². The molecule has 1 fully saturated rings. The smallest absolute Gasteiger partial charge is 0.262 e. The fourth-order valence-corrected chi connectivity index (χ4v) is 2.65. The number of halogens is 1. The van der Waals surface area contributed by atoms with E-state index < -0.39 is 30.4 Å². The lowest BCUT2D eigenvalue weighted by atomic mass is 10.00. The van der Waals surface area contributed by atoms with Gasteiger partial charge in [0.2, 0.25) is 5.72 Å². The molecule has 5 N–H and O–H groups in total. The normalized spacial score (nSPS) is 32.7. The Morgan fingerprint density at radius 3 is 2.79 bits per heavy atom. The number of anilines is 1. The van der Waals surface area contributed by atoms with E-state index in [9.17, 15) is 14.6 Å². The van der Waals surface area contributed by atoms with E-state index in [-0.39, 0.29) is 17.0 Å². The second kappa shape index (κ2) is 5.52. The molecule has 12 nitrogen and oxygen atoms in total. The molecule has 13 heteroatoms. The number of aliphatic hydroxyl groups excluding tert-OH is 3. The lowest BCUT2D eigenvalue weighted by molar-refractivity contribution is -0.223. The highest BCUT2D eigenvalue weighted by molar-refractivity contribution is 5.67. The molecule has 128 valence electrons. The highest BCUT2D eigenvalue weighted by Crippen LogP contribution is 2.47. The fourth-order valence-electron chi connectivity index (χ4n) is 2.65. The fraction of sp³-hybridized carbons (Fsp3) is 0.455. The number of ether oxygens (including phenoxy) is 1. The number of nitrogens with zero attached hydrogens (tertiary/aromatic N) is 6. The molecule has 4 atom stereocenters. The van der Waals surface area contributed by atoms with Crippen LogP contribution in [0.2, 0.25) is 0 Å². The quantitative estimate of drug-likeness (QED) is 0.211. The predicted molar refractivity (Wildman–Crippen MR) is 73.2 cm³/mol. The zero-order valence-corrected chi connectivity index (χ0v) is 11.9. The molecule has 3 heterocycles. The third kappa shape index (κ3) is 2.01. The Morgan fingerprint density at radius 1 is 1.46 bits per heavy atom. The minimum absolute atomic E-state index is 0.0194. The van der Waals surface area contributed by atoms with Crippen LogP contribution in [-0.2, 0) is 10.5 Å². The van der Waals surface area contributed by atoms with Gasteiger partial charge in [-0.1, -0.05) is 0 Å². The summed E-state index contributed by atoms with van der Waals surface area (Å²) in [5.74, 6) is -3.07. The molecule has 0 bridgehead atoms. The number of nitrogens with one attached hydrogen (secondary N) is 1. The standard InChI is InChI=1S/C11H12FN7O5/c12-10(3-20)7(21)8(22)11(24-10,17-18-13)6-2-1-5-9(16-23)14-4-15-19(5)6/h1-2,4,7-8,20-23H,3H2,(H,14,15,16)/t7-,8+,10+,11-/m0/s1. The number of hydrogen-bond donors (Lipinski definition) is 5. The molecule has 0 amide bonds. The van der Waals surface area contributed by atoms with Crippen molar-refractivity contribution in [3.8, 4) is 0 Å². The summed E-state index contributed by atoms with van der Waals surface area (Å²) in [5, 5.41) is 45.5. The van der Waals surface area contributed by atoms with E-state index in [2.05, 4.69) is 20.1 Å². The number of azide groups is 1. The SMILES string of the molecule is [N-]=[N+]=N[C@@]1(c2ccc3c(NO)ncnn23)O[C@](F)(CO)[C@@H](O)[C@H]1O. The van der Waals surface area contributed by atoms with Gasteiger partial charge in [0.1, 0.15) is 30.7 Å². The van der Waals surface area contributed by atoms with E-state index in [4.69, 9.17) is 20.6 Å². The Labute approximate surface area is 132 Å². The number of aromatic nitrogens is 3. The molecule has 2 aromatic heterocycles. The van der Waals surface area contributed by atoms with Gasteiger partial charge in [-0.3, -0.25) is 10.7 Å². The van der Waals surface area contributed by atoms with Crippen LogP contribution in [-0.4, -0.2) is 59.8 Å². The van der Waals surface area contributed by atoms with Gasteiger partial charge in [0.25, 0.3) is 5.85 Å². The Hall–Kier alpha value is -2.54. The van der Waals surface area contributed by atoms with E-state index in [0.717, 1.165) is 10.8 Å². The van der Waals surface area contributed by atoms with Gasteiger partial charge in [-0.05, 0) is 22.8 Å². The zero-order chi connectivity index (χ0) is 17.5. The van der Waals surface area contributed by atoms with Gasteiger partial charge < -0.3 is 20.1 Å². The average Bonchev–Trinajstić information content (AvgIpc) is 3.10. The molecular weight excluding hydrogens is 329 g/mol. The van der Waals surface area contributed by atoms with Crippen molar-refractivity contribution in [3.05, 3.63) is 34.6 Å². The molecule has 24 heavy (non-hydrogen) atoms. The van der Waals surface area contributed by atoms with Gasteiger partial charge in [0.15, 0.2) is 5.82 Å². The Bertz CT molecular complexity index is 826. The van der Waals surface area contributed by atoms with Crippen LogP contribution in [0, 0.1) is 0 Å². The molecule has 1 aliphatic heterocycles.